The molecule has 0 amide bonds. The van der Waals surface area contributed by atoms with E-state index in [0.29, 0.717) is 0 Å². The molecular formula is C16H29N3. The molecule has 1 saturated carbocycles. The van der Waals surface area contributed by atoms with E-state index < -0.39 is 0 Å². The van der Waals surface area contributed by atoms with E-state index in [4.69, 9.17) is 0 Å². The van der Waals surface area contributed by atoms with Gasteiger partial charge in [-0.25, -0.2) is 4.98 Å². The summed E-state index contributed by atoms with van der Waals surface area (Å²) in [6, 6.07) is 0. The third-order valence-corrected chi connectivity index (χ3v) is 4.85. The summed E-state index contributed by atoms with van der Waals surface area (Å²) in [5.74, 6) is 3.82. The Balaban J connectivity index is 2.00. The summed E-state index contributed by atoms with van der Waals surface area (Å²) < 4.78 is 2.18. The molecule has 3 atom stereocenters. The van der Waals surface area contributed by atoms with Crippen molar-refractivity contribution in [2.45, 2.75) is 46.0 Å². The third-order valence-electron chi connectivity index (χ3n) is 4.85. The van der Waals surface area contributed by atoms with Gasteiger partial charge in [0.05, 0.1) is 0 Å². The van der Waals surface area contributed by atoms with Crippen LogP contribution in [-0.2, 0) is 13.5 Å². The van der Waals surface area contributed by atoms with E-state index >= 15 is 0 Å². The van der Waals surface area contributed by atoms with Crippen LogP contribution in [0.15, 0.2) is 12.4 Å². The SMILES string of the molecule is CCNCC1CCC(CC)CC1Cc1nccn1C. The van der Waals surface area contributed by atoms with Crippen LogP contribution in [-0.4, -0.2) is 22.6 Å². The summed E-state index contributed by atoms with van der Waals surface area (Å²) in [6.45, 7) is 6.81. The standard InChI is InChI=1S/C16H29N3/c1-4-13-6-7-14(12-17-5-2)15(10-13)11-16-18-8-9-19(16)3/h8-9,13-15,17H,4-7,10-12H2,1-3H3. The van der Waals surface area contributed by atoms with Crippen LogP contribution in [0.2, 0.25) is 0 Å². The zero-order valence-electron chi connectivity index (χ0n) is 12.7. The lowest BCUT2D eigenvalue weighted by Crippen LogP contribution is -2.34. The zero-order chi connectivity index (χ0) is 13.7. The molecule has 1 aliphatic rings. The van der Waals surface area contributed by atoms with Crippen LogP contribution < -0.4 is 5.32 Å². The molecular weight excluding hydrogens is 234 g/mol. The van der Waals surface area contributed by atoms with E-state index in [1.807, 2.05) is 6.20 Å². The number of aryl methyl sites for hydroxylation is 1. The zero-order valence-corrected chi connectivity index (χ0v) is 12.7. The number of hydrogen-bond donors (Lipinski definition) is 1. The lowest BCUT2D eigenvalue weighted by atomic mass is 9.71. The molecule has 0 aliphatic heterocycles. The monoisotopic (exact) mass is 263 g/mol. The second-order valence-electron chi connectivity index (χ2n) is 6.07. The van der Waals surface area contributed by atoms with Crippen LogP contribution in [0, 0.1) is 17.8 Å². The Morgan fingerprint density at radius 3 is 2.79 bits per heavy atom. The molecule has 1 N–H and O–H groups in total. The molecule has 3 heteroatoms. The molecule has 0 saturated heterocycles. The summed E-state index contributed by atoms with van der Waals surface area (Å²) in [5, 5.41) is 3.55. The summed E-state index contributed by atoms with van der Waals surface area (Å²) in [6.07, 6.45) is 10.7. The number of rotatable bonds is 6. The van der Waals surface area contributed by atoms with Gasteiger partial charge in [0.1, 0.15) is 5.82 Å². The number of nitrogens with one attached hydrogen (secondary N) is 1. The molecule has 0 spiro atoms. The maximum Gasteiger partial charge on any atom is 0.108 e. The van der Waals surface area contributed by atoms with E-state index in [0.717, 1.165) is 30.7 Å². The average Bonchev–Trinajstić information content (AvgIpc) is 2.83. The van der Waals surface area contributed by atoms with E-state index in [1.165, 1.54) is 38.1 Å². The van der Waals surface area contributed by atoms with E-state index in [2.05, 4.69) is 42.0 Å². The van der Waals surface area contributed by atoms with Crippen molar-refractivity contribution in [1.82, 2.24) is 14.9 Å². The molecule has 3 unspecified atom stereocenters. The van der Waals surface area contributed by atoms with Crippen molar-refractivity contribution in [3.05, 3.63) is 18.2 Å². The Labute approximate surface area is 117 Å². The van der Waals surface area contributed by atoms with Gasteiger partial charge >= 0.3 is 0 Å². The maximum atomic E-state index is 4.52. The van der Waals surface area contributed by atoms with Crippen LogP contribution in [0.3, 0.4) is 0 Å². The highest BCUT2D eigenvalue weighted by molar-refractivity contribution is 4.95. The van der Waals surface area contributed by atoms with Gasteiger partial charge in [-0.3, -0.25) is 0 Å². The van der Waals surface area contributed by atoms with E-state index in [9.17, 15) is 0 Å². The molecule has 1 aliphatic carbocycles. The smallest absolute Gasteiger partial charge is 0.108 e. The first-order valence-electron chi connectivity index (χ1n) is 7.91. The summed E-state index contributed by atoms with van der Waals surface area (Å²) in [4.78, 5) is 4.52. The van der Waals surface area contributed by atoms with Crippen LogP contribution >= 0.6 is 0 Å². The van der Waals surface area contributed by atoms with Crippen LogP contribution in [0.4, 0.5) is 0 Å². The molecule has 1 aromatic heterocycles. The van der Waals surface area contributed by atoms with Crippen molar-refractivity contribution in [1.29, 1.82) is 0 Å². The first kappa shape index (κ1) is 14.6. The lowest BCUT2D eigenvalue weighted by molar-refractivity contribution is 0.169. The fraction of sp³-hybridized carbons (Fsp3) is 0.812. The van der Waals surface area contributed by atoms with Crippen LogP contribution in [0.1, 0.15) is 45.4 Å². The first-order chi connectivity index (χ1) is 9.24. The fourth-order valence-corrected chi connectivity index (χ4v) is 3.47. The molecule has 1 aromatic rings. The Morgan fingerprint density at radius 2 is 2.16 bits per heavy atom. The highest BCUT2D eigenvalue weighted by Gasteiger charge is 2.30. The minimum Gasteiger partial charge on any atom is -0.338 e. The second-order valence-corrected chi connectivity index (χ2v) is 6.07. The Morgan fingerprint density at radius 1 is 1.32 bits per heavy atom. The van der Waals surface area contributed by atoms with Gasteiger partial charge in [-0.15, -0.1) is 0 Å². The summed E-state index contributed by atoms with van der Waals surface area (Å²) in [5.41, 5.74) is 0. The largest absolute Gasteiger partial charge is 0.338 e. The average molecular weight is 263 g/mol. The molecule has 19 heavy (non-hydrogen) atoms. The molecule has 0 radical (unpaired) electrons. The minimum absolute atomic E-state index is 0.804. The van der Waals surface area contributed by atoms with Crippen LogP contribution in [0.25, 0.3) is 0 Å². The molecule has 0 bridgehead atoms. The number of aromatic nitrogens is 2. The van der Waals surface area contributed by atoms with Crippen molar-refractivity contribution in [2.75, 3.05) is 13.1 Å². The predicted molar refractivity (Wildman–Crippen MR) is 80.1 cm³/mol. The minimum atomic E-state index is 0.804. The molecule has 2 rings (SSSR count). The number of imidazole rings is 1. The fourth-order valence-electron chi connectivity index (χ4n) is 3.47. The van der Waals surface area contributed by atoms with Gasteiger partial charge in [0, 0.05) is 25.9 Å². The van der Waals surface area contributed by atoms with Gasteiger partial charge < -0.3 is 9.88 Å². The normalized spacial score (nSPS) is 27.6. The Bertz CT molecular complexity index is 372. The van der Waals surface area contributed by atoms with Gasteiger partial charge in [0.25, 0.3) is 0 Å². The number of nitrogens with zero attached hydrogens (tertiary/aromatic N) is 2. The van der Waals surface area contributed by atoms with Crippen molar-refractivity contribution in [3.8, 4) is 0 Å². The quantitative estimate of drug-likeness (QED) is 0.855. The van der Waals surface area contributed by atoms with Gasteiger partial charge in [-0.2, -0.15) is 0 Å². The molecule has 0 aromatic carbocycles. The van der Waals surface area contributed by atoms with Gasteiger partial charge in [0.2, 0.25) is 0 Å². The van der Waals surface area contributed by atoms with Gasteiger partial charge in [-0.05, 0) is 43.7 Å². The second kappa shape index (κ2) is 7.09. The lowest BCUT2D eigenvalue weighted by Gasteiger charge is -2.36. The Kier molecular flexibility index (Phi) is 5.44. The molecule has 108 valence electrons. The van der Waals surface area contributed by atoms with Gasteiger partial charge in [0.15, 0.2) is 0 Å². The highest BCUT2D eigenvalue weighted by Crippen LogP contribution is 2.36. The van der Waals surface area contributed by atoms with Crippen molar-refractivity contribution >= 4 is 0 Å². The third kappa shape index (κ3) is 3.82. The summed E-state index contributed by atoms with van der Waals surface area (Å²) in [7, 11) is 2.11. The topological polar surface area (TPSA) is 29.9 Å². The van der Waals surface area contributed by atoms with E-state index in [1.54, 1.807) is 0 Å². The predicted octanol–water partition coefficient (Wildman–Crippen LogP) is 3.01. The maximum absolute atomic E-state index is 4.52. The first-order valence-corrected chi connectivity index (χ1v) is 7.91. The van der Waals surface area contributed by atoms with Crippen molar-refractivity contribution in [3.63, 3.8) is 0 Å². The van der Waals surface area contributed by atoms with Crippen molar-refractivity contribution in [2.24, 2.45) is 24.8 Å². The number of hydrogen-bond acceptors (Lipinski definition) is 2. The van der Waals surface area contributed by atoms with Crippen LogP contribution in [0.5, 0.6) is 0 Å². The molecule has 1 heterocycles. The van der Waals surface area contributed by atoms with Crippen molar-refractivity contribution < 1.29 is 0 Å². The summed E-state index contributed by atoms with van der Waals surface area (Å²) >= 11 is 0. The van der Waals surface area contributed by atoms with Gasteiger partial charge in [-0.1, -0.05) is 26.7 Å². The van der Waals surface area contributed by atoms with E-state index in [-0.39, 0.29) is 0 Å². The Hall–Kier alpha value is -0.830. The highest BCUT2D eigenvalue weighted by atomic mass is 15.0. The molecule has 3 nitrogen and oxygen atoms in total. The molecule has 1 fully saturated rings.